The predicted molar refractivity (Wildman–Crippen MR) is 58.8 cm³/mol. The molecule has 0 bridgehead atoms. The summed E-state index contributed by atoms with van der Waals surface area (Å²) in [6, 6.07) is 1.77. The van der Waals surface area contributed by atoms with E-state index in [2.05, 4.69) is 17.1 Å². The van der Waals surface area contributed by atoms with Gasteiger partial charge >= 0.3 is 0 Å². The van der Waals surface area contributed by atoms with Crippen molar-refractivity contribution in [2.45, 2.75) is 25.7 Å². The molecule has 2 N–H and O–H groups in total. The number of carbonyl (C=O) groups excluding carboxylic acids is 1. The van der Waals surface area contributed by atoms with Crippen LogP contribution in [-0.4, -0.2) is 22.7 Å². The first kappa shape index (κ1) is 12.3. The van der Waals surface area contributed by atoms with Crippen LogP contribution in [0.3, 0.4) is 0 Å². The summed E-state index contributed by atoms with van der Waals surface area (Å²) in [5, 5.41) is 15.1. The molecule has 1 amide bonds. The van der Waals surface area contributed by atoms with Crippen molar-refractivity contribution in [3.63, 3.8) is 0 Å². The minimum atomic E-state index is -0.0271. The van der Waals surface area contributed by atoms with E-state index in [9.17, 15) is 4.79 Å². The largest absolute Gasteiger partial charge is 0.513 e. The summed E-state index contributed by atoms with van der Waals surface area (Å²) in [6.07, 6.45) is 3.69. The van der Waals surface area contributed by atoms with E-state index in [4.69, 9.17) is 9.63 Å². The highest BCUT2D eigenvalue weighted by Crippen LogP contribution is 2.01. The van der Waals surface area contributed by atoms with Crippen LogP contribution in [0.15, 0.2) is 29.1 Å². The number of aromatic nitrogens is 1. The maximum atomic E-state index is 11.3. The van der Waals surface area contributed by atoms with Gasteiger partial charge in [-0.1, -0.05) is 11.7 Å². The van der Waals surface area contributed by atoms with Crippen molar-refractivity contribution in [3.05, 3.63) is 30.4 Å². The van der Waals surface area contributed by atoms with Crippen LogP contribution < -0.4 is 5.32 Å². The molecule has 1 heterocycles. The second-order valence-corrected chi connectivity index (χ2v) is 3.50. The fourth-order valence-electron chi connectivity index (χ4n) is 1.24. The third-order valence-electron chi connectivity index (χ3n) is 2.05. The lowest BCUT2D eigenvalue weighted by atomic mass is 10.2. The average molecular weight is 224 g/mol. The van der Waals surface area contributed by atoms with E-state index in [1.165, 1.54) is 0 Å². The Labute approximate surface area is 94.1 Å². The van der Waals surface area contributed by atoms with Crippen LogP contribution in [0.1, 0.15) is 25.0 Å². The number of hydrogen-bond acceptors (Lipinski definition) is 4. The van der Waals surface area contributed by atoms with Crippen LogP contribution in [0.25, 0.3) is 0 Å². The van der Waals surface area contributed by atoms with E-state index in [0.717, 1.165) is 5.76 Å². The Bertz CT molecular complexity index is 333. The molecule has 88 valence electrons. The molecule has 0 spiro atoms. The lowest BCUT2D eigenvalue weighted by Crippen LogP contribution is -2.25. The predicted octanol–water partition coefficient (Wildman–Crippen LogP) is 1.58. The minimum absolute atomic E-state index is 0.0271. The zero-order valence-electron chi connectivity index (χ0n) is 9.11. The van der Waals surface area contributed by atoms with Gasteiger partial charge in [0.1, 0.15) is 5.76 Å². The van der Waals surface area contributed by atoms with E-state index in [1.54, 1.807) is 12.3 Å². The van der Waals surface area contributed by atoms with Crippen molar-refractivity contribution in [3.8, 4) is 0 Å². The number of carbonyl (C=O) groups is 1. The standard InChI is InChI=1S/C11H16N2O3/c1-9(14)3-2-4-11(15)12-7-5-10-6-8-13-16-10/h6,8,14H,1-5,7H2,(H,12,15). The fourth-order valence-corrected chi connectivity index (χ4v) is 1.24. The third-order valence-corrected chi connectivity index (χ3v) is 2.05. The topological polar surface area (TPSA) is 75.4 Å². The van der Waals surface area contributed by atoms with Crippen molar-refractivity contribution < 1.29 is 14.4 Å². The molecule has 1 aromatic rings. The zero-order chi connectivity index (χ0) is 11.8. The van der Waals surface area contributed by atoms with Gasteiger partial charge in [0, 0.05) is 31.9 Å². The highest BCUT2D eigenvalue weighted by atomic mass is 16.5. The van der Waals surface area contributed by atoms with Crippen LogP contribution in [0, 0.1) is 0 Å². The first-order valence-electron chi connectivity index (χ1n) is 5.21. The number of allylic oxidation sites excluding steroid dienone is 1. The van der Waals surface area contributed by atoms with Gasteiger partial charge in [-0.3, -0.25) is 4.79 Å². The van der Waals surface area contributed by atoms with Crippen LogP contribution in [0.4, 0.5) is 0 Å². The number of aliphatic hydroxyl groups is 1. The van der Waals surface area contributed by atoms with Gasteiger partial charge in [-0.2, -0.15) is 0 Å². The van der Waals surface area contributed by atoms with Gasteiger partial charge in [-0.15, -0.1) is 0 Å². The van der Waals surface area contributed by atoms with Crippen molar-refractivity contribution in [1.29, 1.82) is 0 Å². The van der Waals surface area contributed by atoms with Crippen molar-refractivity contribution in [2.24, 2.45) is 0 Å². The molecule has 0 aliphatic carbocycles. The van der Waals surface area contributed by atoms with Gasteiger partial charge in [0.2, 0.25) is 5.91 Å². The van der Waals surface area contributed by atoms with E-state index in [0.29, 0.717) is 32.2 Å². The van der Waals surface area contributed by atoms with E-state index < -0.39 is 0 Å². The lowest BCUT2D eigenvalue weighted by Gasteiger charge is -2.03. The maximum Gasteiger partial charge on any atom is 0.220 e. The van der Waals surface area contributed by atoms with Gasteiger partial charge < -0.3 is 14.9 Å². The molecular formula is C11H16N2O3. The lowest BCUT2D eigenvalue weighted by molar-refractivity contribution is -0.121. The summed E-state index contributed by atoms with van der Waals surface area (Å²) in [7, 11) is 0. The molecule has 1 rings (SSSR count). The summed E-state index contributed by atoms with van der Waals surface area (Å²) in [4.78, 5) is 11.3. The van der Waals surface area contributed by atoms with Crippen LogP contribution in [0.2, 0.25) is 0 Å². The fraction of sp³-hybridized carbons (Fsp3) is 0.455. The molecule has 0 aliphatic rings. The number of nitrogens with zero attached hydrogens (tertiary/aromatic N) is 1. The van der Waals surface area contributed by atoms with Gasteiger partial charge in [0.25, 0.3) is 0 Å². The van der Waals surface area contributed by atoms with Crippen molar-refractivity contribution in [2.75, 3.05) is 6.54 Å². The monoisotopic (exact) mass is 224 g/mol. The molecule has 0 unspecified atom stereocenters. The molecule has 0 radical (unpaired) electrons. The van der Waals surface area contributed by atoms with Crippen LogP contribution in [-0.2, 0) is 11.2 Å². The SMILES string of the molecule is C=C(O)CCCC(=O)NCCc1ccno1. The third kappa shape index (κ3) is 5.19. The van der Waals surface area contributed by atoms with E-state index in [1.807, 2.05) is 0 Å². The number of rotatable bonds is 7. The normalized spacial score (nSPS) is 10.0. The Morgan fingerprint density at radius 2 is 2.38 bits per heavy atom. The van der Waals surface area contributed by atoms with E-state index in [-0.39, 0.29) is 11.7 Å². The Hall–Kier alpha value is -1.78. The second kappa shape index (κ2) is 6.66. The summed E-state index contributed by atoms with van der Waals surface area (Å²) in [5.74, 6) is 0.847. The molecule has 0 aromatic carbocycles. The van der Waals surface area contributed by atoms with Crippen LogP contribution in [0.5, 0.6) is 0 Å². The molecule has 0 atom stereocenters. The summed E-state index contributed by atoms with van der Waals surface area (Å²) in [5.41, 5.74) is 0. The zero-order valence-corrected chi connectivity index (χ0v) is 9.11. The van der Waals surface area contributed by atoms with Crippen LogP contribution >= 0.6 is 0 Å². The molecule has 1 aromatic heterocycles. The average Bonchev–Trinajstić information content (AvgIpc) is 2.70. The summed E-state index contributed by atoms with van der Waals surface area (Å²) in [6.45, 7) is 3.89. The smallest absolute Gasteiger partial charge is 0.220 e. The van der Waals surface area contributed by atoms with Gasteiger partial charge in [-0.25, -0.2) is 0 Å². The number of nitrogens with one attached hydrogen (secondary N) is 1. The first-order valence-corrected chi connectivity index (χ1v) is 5.21. The Balaban J connectivity index is 2.04. The molecular weight excluding hydrogens is 208 g/mol. The first-order chi connectivity index (χ1) is 7.68. The number of hydrogen-bond donors (Lipinski definition) is 2. The molecule has 5 nitrogen and oxygen atoms in total. The molecule has 0 saturated carbocycles. The Kier molecular flexibility index (Phi) is 5.11. The summed E-state index contributed by atoms with van der Waals surface area (Å²) < 4.78 is 4.88. The Morgan fingerprint density at radius 1 is 1.56 bits per heavy atom. The van der Waals surface area contributed by atoms with Crippen molar-refractivity contribution in [1.82, 2.24) is 10.5 Å². The molecule has 16 heavy (non-hydrogen) atoms. The quantitative estimate of drug-likeness (QED) is 0.689. The van der Waals surface area contributed by atoms with Crippen molar-refractivity contribution >= 4 is 5.91 Å². The number of aliphatic hydroxyl groups excluding tert-OH is 1. The van der Waals surface area contributed by atoms with Gasteiger partial charge in [0.05, 0.1) is 12.0 Å². The molecule has 0 saturated heterocycles. The molecule has 0 fully saturated rings. The second-order valence-electron chi connectivity index (χ2n) is 3.50. The number of amides is 1. The highest BCUT2D eigenvalue weighted by molar-refractivity contribution is 5.75. The summed E-state index contributed by atoms with van der Waals surface area (Å²) >= 11 is 0. The molecule has 5 heteroatoms. The van der Waals surface area contributed by atoms with Gasteiger partial charge in [-0.05, 0) is 6.42 Å². The molecule has 0 aliphatic heterocycles. The minimum Gasteiger partial charge on any atom is -0.513 e. The Morgan fingerprint density at radius 3 is 3.00 bits per heavy atom. The van der Waals surface area contributed by atoms with Gasteiger partial charge in [0.15, 0.2) is 0 Å². The highest BCUT2D eigenvalue weighted by Gasteiger charge is 2.02. The maximum absolute atomic E-state index is 11.3. The van der Waals surface area contributed by atoms with E-state index >= 15 is 0 Å².